The number of Topliss-reactive ketones (excluding diaryl/α,β-unsaturated/α-hetero) is 1. The van der Waals surface area contributed by atoms with Gasteiger partial charge in [0, 0.05) is 5.92 Å². The Balaban J connectivity index is 0.00000106. The molecule has 0 amide bonds. The average Bonchev–Trinajstić information content (AvgIpc) is 2.33. The minimum absolute atomic E-state index is 0.110. The van der Waals surface area contributed by atoms with Gasteiger partial charge >= 0.3 is 0 Å². The first-order chi connectivity index (χ1) is 7.74. The van der Waals surface area contributed by atoms with Crippen LogP contribution in [0.25, 0.3) is 0 Å². The minimum atomic E-state index is 0.110. The van der Waals surface area contributed by atoms with Crippen molar-refractivity contribution in [3.8, 4) is 0 Å². The lowest BCUT2D eigenvalue weighted by atomic mass is 9.98. The van der Waals surface area contributed by atoms with Crippen LogP contribution in [0.4, 0.5) is 0 Å². The maximum absolute atomic E-state index is 11.1. The Bertz CT molecular complexity index is 282. The second-order valence-corrected chi connectivity index (χ2v) is 3.88. The summed E-state index contributed by atoms with van der Waals surface area (Å²) in [6, 6.07) is 10.2. The fraction of sp³-hybridized carbons (Fsp3) is 0.500. The van der Waals surface area contributed by atoms with E-state index in [1.165, 1.54) is 5.56 Å². The number of benzene rings is 1. The van der Waals surface area contributed by atoms with Gasteiger partial charge in [0.2, 0.25) is 0 Å². The highest BCUT2D eigenvalue weighted by molar-refractivity contribution is 7.80. The highest BCUT2D eigenvalue weighted by Crippen LogP contribution is 2.12. The molecule has 0 bridgehead atoms. The molecule has 1 rings (SSSR count). The van der Waals surface area contributed by atoms with Gasteiger partial charge in [0.1, 0.15) is 5.78 Å². The normalized spacial score (nSPS) is 11.2. The molecule has 0 N–H and O–H groups in total. The van der Waals surface area contributed by atoms with Gasteiger partial charge in [-0.2, -0.15) is 12.6 Å². The molecule has 1 aromatic rings. The third-order valence-electron chi connectivity index (χ3n) is 2.42. The van der Waals surface area contributed by atoms with Crippen LogP contribution in [0.15, 0.2) is 30.3 Å². The summed E-state index contributed by atoms with van der Waals surface area (Å²) in [7, 11) is 0. The summed E-state index contributed by atoms with van der Waals surface area (Å²) in [5, 5.41) is 0. The van der Waals surface area contributed by atoms with Crippen LogP contribution < -0.4 is 0 Å². The summed E-state index contributed by atoms with van der Waals surface area (Å²) in [4.78, 5) is 11.1. The fourth-order valence-electron chi connectivity index (χ4n) is 1.41. The number of aryl methyl sites for hydroxylation is 1. The molecule has 0 aliphatic rings. The maximum Gasteiger partial charge on any atom is 0.133 e. The molecule has 2 heteroatoms. The van der Waals surface area contributed by atoms with Gasteiger partial charge in [-0.25, -0.2) is 0 Å². The molecule has 0 aliphatic heterocycles. The Morgan fingerprint density at radius 3 is 2.25 bits per heavy atom. The zero-order valence-corrected chi connectivity index (χ0v) is 11.3. The van der Waals surface area contributed by atoms with Crippen LogP contribution in [0, 0.1) is 5.92 Å². The maximum atomic E-state index is 11.1. The van der Waals surface area contributed by atoms with Crippen molar-refractivity contribution in [2.45, 2.75) is 33.6 Å². The van der Waals surface area contributed by atoms with Crippen LogP contribution in [0.1, 0.15) is 32.8 Å². The van der Waals surface area contributed by atoms with Crippen LogP contribution in [0.5, 0.6) is 0 Å². The minimum Gasteiger partial charge on any atom is -0.300 e. The number of thiol groups is 1. The molecule has 0 fully saturated rings. The Morgan fingerprint density at radius 1 is 1.25 bits per heavy atom. The Morgan fingerprint density at radius 2 is 1.81 bits per heavy atom. The van der Waals surface area contributed by atoms with Gasteiger partial charge in [-0.05, 0) is 31.1 Å². The predicted molar refractivity (Wildman–Crippen MR) is 74.1 cm³/mol. The second kappa shape index (κ2) is 9.46. The lowest BCUT2D eigenvalue weighted by Crippen LogP contribution is -2.13. The zero-order chi connectivity index (χ0) is 12.4. The van der Waals surface area contributed by atoms with Crippen molar-refractivity contribution in [2.75, 3.05) is 5.75 Å². The van der Waals surface area contributed by atoms with Crippen molar-refractivity contribution in [3.63, 3.8) is 0 Å². The standard InChI is InChI=1S/C12H16OS.C2H6/c1-10(13)12(9-14)8-7-11-5-3-2-4-6-11;1-2/h2-6,12,14H,7-9H2,1H3;1-2H3. The van der Waals surface area contributed by atoms with E-state index >= 15 is 0 Å². The van der Waals surface area contributed by atoms with Gasteiger partial charge in [-0.1, -0.05) is 44.2 Å². The van der Waals surface area contributed by atoms with Gasteiger partial charge in [-0.3, -0.25) is 4.79 Å². The summed E-state index contributed by atoms with van der Waals surface area (Å²) in [5.74, 6) is 1.01. The Kier molecular flexibility index (Phi) is 9.02. The van der Waals surface area contributed by atoms with Crippen LogP contribution >= 0.6 is 12.6 Å². The molecule has 0 aliphatic carbocycles. The van der Waals surface area contributed by atoms with E-state index in [2.05, 4.69) is 24.8 Å². The van der Waals surface area contributed by atoms with Crippen LogP contribution in [-0.2, 0) is 11.2 Å². The lowest BCUT2D eigenvalue weighted by molar-refractivity contribution is -0.120. The van der Waals surface area contributed by atoms with E-state index in [0.717, 1.165) is 12.8 Å². The Hall–Kier alpha value is -0.760. The summed E-state index contributed by atoms with van der Waals surface area (Å²) in [6.07, 6.45) is 1.87. The van der Waals surface area contributed by atoms with Crippen molar-refractivity contribution < 1.29 is 4.79 Å². The number of ketones is 1. The highest BCUT2D eigenvalue weighted by atomic mass is 32.1. The molecule has 1 aromatic carbocycles. The molecule has 0 heterocycles. The lowest BCUT2D eigenvalue weighted by Gasteiger charge is -2.09. The van der Waals surface area contributed by atoms with Crippen LogP contribution in [-0.4, -0.2) is 11.5 Å². The van der Waals surface area contributed by atoms with E-state index in [1.54, 1.807) is 6.92 Å². The SMILES string of the molecule is CC.CC(=O)C(CS)CCc1ccccc1. The molecule has 1 unspecified atom stereocenters. The first-order valence-electron chi connectivity index (χ1n) is 5.89. The van der Waals surface area contributed by atoms with E-state index in [1.807, 2.05) is 32.0 Å². The summed E-state index contributed by atoms with van der Waals surface area (Å²) < 4.78 is 0. The van der Waals surface area contributed by atoms with Gasteiger partial charge in [0.05, 0.1) is 0 Å². The Labute approximate surface area is 105 Å². The number of hydrogen-bond acceptors (Lipinski definition) is 2. The third kappa shape index (κ3) is 5.96. The monoisotopic (exact) mass is 238 g/mol. The molecular formula is C14H22OS. The molecule has 90 valence electrons. The van der Waals surface area contributed by atoms with Crippen molar-refractivity contribution in [1.29, 1.82) is 0 Å². The summed E-state index contributed by atoms with van der Waals surface area (Å²) in [5.41, 5.74) is 1.29. The predicted octanol–water partition coefficient (Wildman–Crippen LogP) is 3.78. The van der Waals surface area contributed by atoms with E-state index in [-0.39, 0.29) is 11.7 Å². The largest absolute Gasteiger partial charge is 0.300 e. The highest BCUT2D eigenvalue weighted by Gasteiger charge is 2.11. The van der Waals surface area contributed by atoms with E-state index in [0.29, 0.717) is 5.75 Å². The fourth-order valence-corrected chi connectivity index (χ4v) is 1.85. The van der Waals surface area contributed by atoms with Gasteiger partial charge in [-0.15, -0.1) is 0 Å². The third-order valence-corrected chi connectivity index (χ3v) is 2.86. The first-order valence-corrected chi connectivity index (χ1v) is 6.52. The number of carbonyl (C=O) groups excluding carboxylic acids is 1. The number of hydrogen-bond donors (Lipinski definition) is 1. The summed E-state index contributed by atoms with van der Waals surface area (Å²) >= 11 is 4.18. The molecule has 0 spiro atoms. The first kappa shape index (κ1) is 15.2. The van der Waals surface area contributed by atoms with E-state index < -0.39 is 0 Å². The van der Waals surface area contributed by atoms with Gasteiger partial charge < -0.3 is 0 Å². The molecule has 1 atom stereocenters. The number of rotatable bonds is 5. The van der Waals surface area contributed by atoms with Crippen molar-refractivity contribution >= 4 is 18.4 Å². The van der Waals surface area contributed by atoms with Crippen molar-refractivity contribution in [3.05, 3.63) is 35.9 Å². The molecule has 0 aromatic heterocycles. The van der Waals surface area contributed by atoms with Crippen LogP contribution in [0.2, 0.25) is 0 Å². The van der Waals surface area contributed by atoms with E-state index in [9.17, 15) is 4.79 Å². The molecule has 16 heavy (non-hydrogen) atoms. The van der Waals surface area contributed by atoms with Crippen LogP contribution in [0.3, 0.4) is 0 Å². The smallest absolute Gasteiger partial charge is 0.133 e. The molecule has 0 radical (unpaired) electrons. The topological polar surface area (TPSA) is 17.1 Å². The van der Waals surface area contributed by atoms with Crippen molar-refractivity contribution in [1.82, 2.24) is 0 Å². The molecule has 0 saturated carbocycles. The second-order valence-electron chi connectivity index (χ2n) is 3.51. The number of carbonyl (C=O) groups is 1. The quantitative estimate of drug-likeness (QED) is 0.773. The van der Waals surface area contributed by atoms with Gasteiger partial charge in [0.25, 0.3) is 0 Å². The average molecular weight is 238 g/mol. The summed E-state index contributed by atoms with van der Waals surface area (Å²) in [6.45, 7) is 5.64. The van der Waals surface area contributed by atoms with Gasteiger partial charge in [0.15, 0.2) is 0 Å². The zero-order valence-electron chi connectivity index (χ0n) is 10.4. The molecule has 0 saturated heterocycles. The molecular weight excluding hydrogens is 216 g/mol. The van der Waals surface area contributed by atoms with E-state index in [4.69, 9.17) is 0 Å². The molecule has 1 nitrogen and oxygen atoms in total. The van der Waals surface area contributed by atoms with Crippen molar-refractivity contribution in [2.24, 2.45) is 5.92 Å².